The van der Waals surface area contributed by atoms with Gasteiger partial charge in [0.15, 0.2) is 0 Å². The van der Waals surface area contributed by atoms with Gasteiger partial charge in [0.1, 0.15) is 0 Å². The molecule has 1 aromatic heterocycles. The van der Waals surface area contributed by atoms with Crippen LogP contribution in [0.5, 0.6) is 5.75 Å². The van der Waals surface area contributed by atoms with Gasteiger partial charge < -0.3 is 0 Å². The molecule has 2 aromatic carbocycles. The number of benzene rings is 2. The molecule has 0 aliphatic carbocycles. The van der Waals surface area contributed by atoms with Gasteiger partial charge in [0.25, 0.3) is 0 Å². The molecule has 0 atom stereocenters. The van der Waals surface area contributed by atoms with Crippen LogP contribution in [-0.2, 0) is 0 Å². The molecule has 2 nitrogen and oxygen atoms in total. The van der Waals surface area contributed by atoms with Gasteiger partial charge in [-0.25, -0.2) is 0 Å². The van der Waals surface area contributed by atoms with Crippen molar-refractivity contribution in [3.63, 3.8) is 0 Å². The zero-order valence-corrected chi connectivity index (χ0v) is 17.2. The maximum absolute atomic E-state index is 5.29. The predicted molar refractivity (Wildman–Crippen MR) is 109 cm³/mol. The maximum atomic E-state index is 5.29. The molecule has 25 heavy (non-hydrogen) atoms. The molecule has 130 valence electrons. The first-order valence-corrected chi connectivity index (χ1v) is 12.6. The van der Waals surface area contributed by atoms with Crippen molar-refractivity contribution in [1.82, 2.24) is 4.98 Å². The van der Waals surface area contributed by atoms with Crippen LogP contribution in [-0.4, -0.2) is 26.7 Å². The standard InChI is InChI=1S/C22H26AsNO/c1-4-14-23(15-5-2)19-9-6-17(7-10-19)21-12-8-18-16-20(25-3)11-13-22(18)24-21/h6-13,16H,4-5,14-15H2,1-3H3. The molecule has 1 heterocycles. The van der Waals surface area contributed by atoms with E-state index < -0.39 is 14.7 Å². The van der Waals surface area contributed by atoms with E-state index in [9.17, 15) is 0 Å². The zero-order valence-electron chi connectivity index (χ0n) is 15.3. The fraction of sp³-hybridized carbons (Fsp3) is 0.318. The van der Waals surface area contributed by atoms with Crippen molar-refractivity contribution in [2.75, 3.05) is 7.11 Å². The molecule has 0 unspecified atom stereocenters. The number of ether oxygens (including phenoxy) is 1. The van der Waals surface area contributed by atoms with Crippen LogP contribution in [0, 0.1) is 0 Å². The Bertz CT molecular complexity index is 823. The molecule has 0 aliphatic rings. The van der Waals surface area contributed by atoms with Crippen molar-refractivity contribution < 1.29 is 4.74 Å². The van der Waals surface area contributed by atoms with Gasteiger partial charge in [0.2, 0.25) is 0 Å². The molecule has 0 N–H and O–H groups in total. The van der Waals surface area contributed by atoms with Crippen LogP contribution < -0.4 is 9.09 Å². The third-order valence-electron chi connectivity index (χ3n) is 4.41. The summed E-state index contributed by atoms with van der Waals surface area (Å²) in [7, 11) is 1.69. The summed E-state index contributed by atoms with van der Waals surface area (Å²) in [6, 6.07) is 19.4. The van der Waals surface area contributed by atoms with E-state index in [0.717, 1.165) is 22.3 Å². The molecule has 0 radical (unpaired) electrons. The first-order chi connectivity index (χ1) is 12.2. The molecule has 3 heteroatoms. The van der Waals surface area contributed by atoms with Gasteiger partial charge in [-0.15, -0.1) is 0 Å². The summed E-state index contributed by atoms with van der Waals surface area (Å²) in [6.07, 6.45) is 2.61. The third kappa shape index (κ3) is 4.25. The molecule has 0 aliphatic heterocycles. The fourth-order valence-corrected chi connectivity index (χ4v) is 8.16. The number of nitrogens with zero attached hydrogens (tertiary/aromatic N) is 1. The molecular weight excluding hydrogens is 369 g/mol. The summed E-state index contributed by atoms with van der Waals surface area (Å²) >= 11 is -0.864. The molecule has 0 saturated carbocycles. The summed E-state index contributed by atoms with van der Waals surface area (Å²) in [6.45, 7) is 4.61. The van der Waals surface area contributed by atoms with Crippen molar-refractivity contribution in [2.45, 2.75) is 37.1 Å². The average Bonchev–Trinajstić information content (AvgIpc) is 2.67. The second-order valence-electron chi connectivity index (χ2n) is 6.29. The number of hydrogen-bond acceptors (Lipinski definition) is 2. The summed E-state index contributed by atoms with van der Waals surface area (Å²) < 4.78 is 6.89. The monoisotopic (exact) mass is 395 g/mol. The minimum atomic E-state index is -0.864. The van der Waals surface area contributed by atoms with Crippen LogP contribution in [0.25, 0.3) is 22.2 Å². The SMILES string of the molecule is CCC[As](CCC)c1ccc(-c2ccc3cc(OC)ccc3n2)cc1. The number of hydrogen-bond donors (Lipinski definition) is 0. The van der Waals surface area contributed by atoms with E-state index in [0.29, 0.717) is 0 Å². The number of aromatic nitrogens is 1. The van der Waals surface area contributed by atoms with Crippen LogP contribution in [0.1, 0.15) is 26.7 Å². The van der Waals surface area contributed by atoms with Crippen LogP contribution in [0.3, 0.4) is 0 Å². The van der Waals surface area contributed by atoms with Gasteiger partial charge in [0.05, 0.1) is 0 Å². The summed E-state index contributed by atoms with van der Waals surface area (Å²) in [5.74, 6) is 0.870. The van der Waals surface area contributed by atoms with Crippen LogP contribution in [0.15, 0.2) is 54.6 Å². The van der Waals surface area contributed by atoms with E-state index in [2.05, 4.69) is 50.2 Å². The van der Waals surface area contributed by atoms with Crippen LogP contribution in [0.2, 0.25) is 10.4 Å². The predicted octanol–water partition coefficient (Wildman–Crippen LogP) is 5.43. The van der Waals surface area contributed by atoms with E-state index in [1.165, 1.54) is 28.8 Å². The van der Waals surface area contributed by atoms with E-state index in [1.807, 2.05) is 18.2 Å². The summed E-state index contributed by atoms with van der Waals surface area (Å²) in [4.78, 5) is 4.82. The number of rotatable bonds is 7. The molecule has 3 rings (SSSR count). The van der Waals surface area contributed by atoms with Crippen molar-refractivity contribution in [1.29, 1.82) is 0 Å². The third-order valence-corrected chi connectivity index (χ3v) is 10.7. The van der Waals surface area contributed by atoms with Gasteiger partial charge >= 0.3 is 155 Å². The van der Waals surface area contributed by atoms with Crippen LogP contribution >= 0.6 is 0 Å². The summed E-state index contributed by atoms with van der Waals surface area (Å²) in [5, 5.41) is 3.94. The Morgan fingerprint density at radius 3 is 2.24 bits per heavy atom. The molecule has 0 fully saturated rings. The molecule has 0 amide bonds. The van der Waals surface area contributed by atoms with E-state index in [4.69, 9.17) is 9.72 Å². The molecule has 0 saturated heterocycles. The van der Waals surface area contributed by atoms with Crippen molar-refractivity contribution in [2.24, 2.45) is 0 Å². The Kier molecular flexibility index (Phi) is 6.15. The molecular formula is C22H26AsNO. The molecule has 0 bridgehead atoms. The molecule has 3 aromatic rings. The van der Waals surface area contributed by atoms with Gasteiger partial charge in [-0.2, -0.15) is 0 Å². The first-order valence-electron chi connectivity index (χ1n) is 9.05. The Balaban J connectivity index is 1.87. The van der Waals surface area contributed by atoms with Gasteiger partial charge in [-0.05, 0) is 0 Å². The van der Waals surface area contributed by atoms with Gasteiger partial charge in [-0.3, -0.25) is 0 Å². The minimum absolute atomic E-state index is 0.864. The topological polar surface area (TPSA) is 22.1 Å². The number of methoxy groups -OCH3 is 1. The van der Waals surface area contributed by atoms with Gasteiger partial charge in [0, 0.05) is 0 Å². The average molecular weight is 395 g/mol. The quantitative estimate of drug-likeness (QED) is 0.498. The fourth-order valence-electron chi connectivity index (χ4n) is 3.14. The van der Waals surface area contributed by atoms with Crippen molar-refractivity contribution >= 4 is 29.9 Å². The zero-order chi connectivity index (χ0) is 17.6. The summed E-state index contributed by atoms with van der Waals surface area (Å²) in [5.41, 5.74) is 3.24. The number of pyridine rings is 1. The Morgan fingerprint density at radius 1 is 0.880 bits per heavy atom. The molecule has 0 spiro atoms. The van der Waals surface area contributed by atoms with Crippen LogP contribution in [0.4, 0.5) is 0 Å². The Labute approximate surface area is 155 Å². The number of fused-ring (bicyclic) bond motifs is 1. The van der Waals surface area contributed by atoms with Crippen molar-refractivity contribution in [3.8, 4) is 17.0 Å². The van der Waals surface area contributed by atoms with E-state index >= 15 is 0 Å². The second-order valence-corrected chi connectivity index (χ2v) is 11.5. The second kappa shape index (κ2) is 8.54. The van der Waals surface area contributed by atoms with E-state index in [-0.39, 0.29) is 0 Å². The van der Waals surface area contributed by atoms with Crippen molar-refractivity contribution in [3.05, 3.63) is 54.6 Å². The first kappa shape index (κ1) is 18.0. The normalized spacial score (nSPS) is 11.2. The van der Waals surface area contributed by atoms with Gasteiger partial charge in [-0.1, -0.05) is 0 Å². The Morgan fingerprint density at radius 2 is 1.60 bits per heavy atom. The Hall–Kier alpha value is -1.79. The van der Waals surface area contributed by atoms with E-state index in [1.54, 1.807) is 11.5 Å².